The van der Waals surface area contributed by atoms with E-state index < -0.39 is 0 Å². The zero-order chi connectivity index (χ0) is 18.1. The highest BCUT2D eigenvalue weighted by Gasteiger charge is 2.15. The Morgan fingerprint density at radius 2 is 2.00 bits per heavy atom. The Labute approximate surface area is 149 Å². The van der Waals surface area contributed by atoms with Gasteiger partial charge in [-0.1, -0.05) is 25.6 Å². The van der Waals surface area contributed by atoms with Crippen LogP contribution < -0.4 is 10.6 Å². The van der Waals surface area contributed by atoms with E-state index in [-0.39, 0.29) is 0 Å². The second-order valence-corrected chi connectivity index (χ2v) is 6.56. The van der Waals surface area contributed by atoms with Crippen molar-refractivity contribution in [2.45, 2.75) is 26.7 Å². The van der Waals surface area contributed by atoms with E-state index in [1.807, 2.05) is 36.2 Å². The molecular weight excluding hydrogens is 308 g/mol. The number of rotatable bonds is 5. The molecule has 130 valence electrons. The minimum Gasteiger partial charge on any atom is -0.397 e. The standard InChI is InChI=1S/C21H26N4/c1-6-9-20-23-21-14(2)12-16(13-19(21)25(20)5)15(3)24(4)18-11-8-7-10-17(18)22/h7-8,10-13H,3,6,9,22H2,1-2,4-5H3. The van der Waals surface area contributed by atoms with E-state index in [9.17, 15) is 0 Å². The van der Waals surface area contributed by atoms with Crippen LogP contribution in [0.25, 0.3) is 16.7 Å². The highest BCUT2D eigenvalue weighted by Crippen LogP contribution is 2.31. The van der Waals surface area contributed by atoms with Crippen LogP contribution in [0.5, 0.6) is 0 Å². The Balaban J connectivity index is 2.05. The first kappa shape index (κ1) is 17.1. The zero-order valence-corrected chi connectivity index (χ0v) is 15.5. The highest BCUT2D eigenvalue weighted by atomic mass is 15.1. The minimum atomic E-state index is 0.745. The van der Waals surface area contributed by atoms with E-state index in [2.05, 4.69) is 44.2 Å². The van der Waals surface area contributed by atoms with Crippen molar-refractivity contribution in [3.8, 4) is 0 Å². The molecule has 0 atom stereocenters. The zero-order valence-electron chi connectivity index (χ0n) is 15.5. The van der Waals surface area contributed by atoms with Gasteiger partial charge in [-0.05, 0) is 48.7 Å². The third-order valence-electron chi connectivity index (χ3n) is 4.78. The largest absolute Gasteiger partial charge is 0.397 e. The van der Waals surface area contributed by atoms with Crippen molar-refractivity contribution in [1.29, 1.82) is 0 Å². The summed E-state index contributed by atoms with van der Waals surface area (Å²) < 4.78 is 2.19. The molecule has 4 heteroatoms. The van der Waals surface area contributed by atoms with Gasteiger partial charge in [0, 0.05) is 26.2 Å². The molecule has 4 nitrogen and oxygen atoms in total. The number of hydrogen-bond donors (Lipinski definition) is 1. The Hall–Kier alpha value is -2.75. The van der Waals surface area contributed by atoms with Crippen molar-refractivity contribution in [2.75, 3.05) is 17.7 Å². The van der Waals surface area contributed by atoms with Crippen molar-refractivity contribution in [3.05, 3.63) is 59.9 Å². The summed E-state index contributed by atoms with van der Waals surface area (Å²) in [4.78, 5) is 6.86. The molecular formula is C21H26N4. The van der Waals surface area contributed by atoms with Crippen LogP contribution in [0, 0.1) is 6.92 Å². The lowest BCUT2D eigenvalue weighted by atomic mass is 10.1. The van der Waals surface area contributed by atoms with E-state index in [4.69, 9.17) is 10.7 Å². The first-order chi connectivity index (χ1) is 11.9. The summed E-state index contributed by atoms with van der Waals surface area (Å²) in [6, 6.07) is 12.2. The second kappa shape index (κ2) is 6.63. The van der Waals surface area contributed by atoms with Crippen molar-refractivity contribution < 1.29 is 0 Å². The predicted molar refractivity (Wildman–Crippen MR) is 108 cm³/mol. The summed E-state index contributed by atoms with van der Waals surface area (Å²) in [5.74, 6) is 1.13. The molecule has 0 amide bonds. The van der Waals surface area contributed by atoms with Gasteiger partial charge in [-0.3, -0.25) is 0 Å². The third kappa shape index (κ3) is 3.00. The van der Waals surface area contributed by atoms with Gasteiger partial charge in [0.1, 0.15) is 5.82 Å². The van der Waals surface area contributed by atoms with E-state index in [1.165, 1.54) is 5.56 Å². The van der Waals surface area contributed by atoms with Crippen LogP contribution in [-0.4, -0.2) is 16.6 Å². The number of nitrogen functional groups attached to an aromatic ring is 1. The summed E-state index contributed by atoms with van der Waals surface area (Å²) in [5, 5.41) is 0. The van der Waals surface area contributed by atoms with Crippen LogP contribution >= 0.6 is 0 Å². The number of para-hydroxylation sites is 2. The lowest BCUT2D eigenvalue weighted by Gasteiger charge is -2.24. The fraction of sp³-hybridized carbons (Fsp3) is 0.286. The SMILES string of the molecule is C=C(c1cc(C)c2nc(CCC)n(C)c2c1)N(C)c1ccccc1N. The quantitative estimate of drug-likeness (QED) is 0.698. The maximum Gasteiger partial charge on any atom is 0.109 e. The molecule has 25 heavy (non-hydrogen) atoms. The average molecular weight is 334 g/mol. The number of aromatic nitrogens is 2. The average Bonchev–Trinajstić information content (AvgIpc) is 2.91. The Morgan fingerprint density at radius 1 is 1.28 bits per heavy atom. The highest BCUT2D eigenvalue weighted by molar-refractivity contribution is 5.88. The van der Waals surface area contributed by atoms with Crippen molar-refractivity contribution >= 4 is 28.1 Å². The van der Waals surface area contributed by atoms with Gasteiger partial charge >= 0.3 is 0 Å². The number of fused-ring (bicyclic) bond motifs is 1. The molecule has 0 unspecified atom stereocenters. The molecule has 2 aromatic carbocycles. The van der Waals surface area contributed by atoms with E-state index in [1.54, 1.807) is 0 Å². The van der Waals surface area contributed by atoms with E-state index in [0.29, 0.717) is 0 Å². The molecule has 2 N–H and O–H groups in total. The second-order valence-electron chi connectivity index (χ2n) is 6.56. The number of anilines is 2. The number of hydrogen-bond acceptors (Lipinski definition) is 3. The topological polar surface area (TPSA) is 47.1 Å². The molecule has 3 aromatic rings. The number of nitrogens with two attached hydrogens (primary N) is 1. The molecule has 0 aliphatic carbocycles. The fourth-order valence-corrected chi connectivity index (χ4v) is 3.25. The van der Waals surface area contributed by atoms with Gasteiger partial charge < -0.3 is 15.2 Å². The predicted octanol–water partition coefficient (Wildman–Crippen LogP) is 4.52. The smallest absolute Gasteiger partial charge is 0.109 e. The molecule has 0 radical (unpaired) electrons. The number of imidazole rings is 1. The van der Waals surface area contributed by atoms with Gasteiger partial charge in [0.25, 0.3) is 0 Å². The number of benzene rings is 2. The molecule has 0 fully saturated rings. The molecule has 3 rings (SSSR count). The summed E-state index contributed by atoms with van der Waals surface area (Å²) in [5.41, 5.74) is 13.2. The van der Waals surface area contributed by atoms with Crippen molar-refractivity contribution in [3.63, 3.8) is 0 Å². The molecule has 0 aliphatic rings. The van der Waals surface area contributed by atoms with Gasteiger partial charge in [-0.15, -0.1) is 0 Å². The number of aryl methyl sites for hydroxylation is 3. The molecule has 1 aromatic heterocycles. The van der Waals surface area contributed by atoms with Gasteiger partial charge in [0.2, 0.25) is 0 Å². The third-order valence-corrected chi connectivity index (χ3v) is 4.78. The van der Waals surface area contributed by atoms with Gasteiger partial charge in [-0.2, -0.15) is 0 Å². The van der Waals surface area contributed by atoms with Crippen LogP contribution in [0.15, 0.2) is 43.0 Å². The summed E-state index contributed by atoms with van der Waals surface area (Å²) >= 11 is 0. The molecule has 0 bridgehead atoms. The normalized spacial score (nSPS) is 11.0. The molecule has 0 saturated heterocycles. The Kier molecular flexibility index (Phi) is 4.53. The van der Waals surface area contributed by atoms with Gasteiger partial charge in [0.05, 0.1) is 22.4 Å². The van der Waals surface area contributed by atoms with Crippen LogP contribution in [-0.2, 0) is 13.5 Å². The first-order valence-corrected chi connectivity index (χ1v) is 8.67. The minimum absolute atomic E-state index is 0.745. The van der Waals surface area contributed by atoms with Gasteiger partial charge in [0.15, 0.2) is 0 Å². The fourth-order valence-electron chi connectivity index (χ4n) is 3.25. The van der Waals surface area contributed by atoms with Gasteiger partial charge in [-0.25, -0.2) is 4.98 Å². The molecule has 0 saturated carbocycles. The van der Waals surface area contributed by atoms with Crippen LogP contribution in [0.3, 0.4) is 0 Å². The summed E-state index contributed by atoms with van der Waals surface area (Å²) in [7, 11) is 4.09. The molecule has 0 spiro atoms. The lowest BCUT2D eigenvalue weighted by molar-refractivity contribution is 0.773. The van der Waals surface area contributed by atoms with Crippen molar-refractivity contribution in [2.24, 2.45) is 7.05 Å². The summed E-state index contributed by atoms with van der Waals surface area (Å²) in [6.07, 6.45) is 2.08. The van der Waals surface area contributed by atoms with E-state index >= 15 is 0 Å². The molecule has 0 aliphatic heterocycles. The maximum absolute atomic E-state index is 6.12. The monoisotopic (exact) mass is 334 g/mol. The van der Waals surface area contributed by atoms with E-state index in [0.717, 1.165) is 52.3 Å². The van der Waals surface area contributed by atoms with Crippen molar-refractivity contribution in [1.82, 2.24) is 9.55 Å². The molecule has 1 heterocycles. The number of nitrogens with zero attached hydrogens (tertiary/aromatic N) is 3. The van der Waals surface area contributed by atoms with Crippen LogP contribution in [0.1, 0.15) is 30.3 Å². The Morgan fingerprint density at radius 3 is 2.68 bits per heavy atom. The summed E-state index contributed by atoms with van der Waals surface area (Å²) in [6.45, 7) is 8.59. The maximum atomic E-state index is 6.12. The van der Waals surface area contributed by atoms with Crippen LogP contribution in [0.4, 0.5) is 11.4 Å². The lowest BCUT2D eigenvalue weighted by Crippen LogP contribution is -2.16. The Bertz CT molecular complexity index is 936. The van der Waals surface area contributed by atoms with Crippen LogP contribution in [0.2, 0.25) is 0 Å². The first-order valence-electron chi connectivity index (χ1n) is 8.67.